The third kappa shape index (κ3) is 3.71. The number of halogens is 3. The molecule has 1 nitrogen and oxygen atoms in total. The molecule has 0 bridgehead atoms. The highest BCUT2D eigenvalue weighted by atomic mass is 127. The minimum Gasteiger partial charge on any atom is -0.313 e. The van der Waals surface area contributed by atoms with Crippen molar-refractivity contribution in [1.82, 2.24) is 5.32 Å². The number of hydrogen-bond acceptors (Lipinski definition) is 1. The zero-order valence-electron chi connectivity index (χ0n) is 7.69. The summed E-state index contributed by atoms with van der Waals surface area (Å²) in [6, 6.07) is 4.88. The van der Waals surface area contributed by atoms with Crippen molar-refractivity contribution in [3.63, 3.8) is 0 Å². The summed E-state index contributed by atoms with van der Waals surface area (Å²) in [5.41, 5.74) is 0.820. The van der Waals surface area contributed by atoms with Crippen LogP contribution in [0.15, 0.2) is 18.2 Å². The Morgan fingerprint density at radius 3 is 2.93 bits per heavy atom. The SMILES string of the molecule is Fc1cccc(CNCCCI)c1Cl. The molecule has 14 heavy (non-hydrogen) atoms. The van der Waals surface area contributed by atoms with Gasteiger partial charge in [0.05, 0.1) is 5.02 Å². The van der Waals surface area contributed by atoms with E-state index in [2.05, 4.69) is 27.9 Å². The molecule has 0 saturated heterocycles. The van der Waals surface area contributed by atoms with E-state index in [1.54, 1.807) is 6.07 Å². The fraction of sp³-hybridized carbons (Fsp3) is 0.400. The standard InChI is InChI=1S/C10H12ClFIN/c11-10-8(3-1-4-9(10)12)7-14-6-2-5-13/h1,3-4,14H,2,5-7H2. The third-order valence-electron chi connectivity index (χ3n) is 1.83. The number of nitrogens with one attached hydrogen (secondary N) is 1. The minimum absolute atomic E-state index is 0.231. The van der Waals surface area contributed by atoms with Crippen LogP contribution >= 0.6 is 34.2 Å². The van der Waals surface area contributed by atoms with Crippen molar-refractivity contribution in [2.45, 2.75) is 13.0 Å². The summed E-state index contributed by atoms with van der Waals surface area (Å²) in [5.74, 6) is -0.347. The zero-order chi connectivity index (χ0) is 10.4. The van der Waals surface area contributed by atoms with Crippen LogP contribution in [-0.2, 0) is 6.54 Å². The van der Waals surface area contributed by atoms with Gasteiger partial charge in [0.25, 0.3) is 0 Å². The van der Waals surface area contributed by atoms with Crippen molar-refractivity contribution < 1.29 is 4.39 Å². The molecular weight excluding hydrogens is 315 g/mol. The summed E-state index contributed by atoms with van der Waals surface area (Å²) in [7, 11) is 0. The van der Waals surface area contributed by atoms with Gasteiger partial charge in [0.1, 0.15) is 5.82 Å². The molecule has 0 aromatic heterocycles. The topological polar surface area (TPSA) is 12.0 Å². The summed E-state index contributed by atoms with van der Waals surface area (Å²) in [6.07, 6.45) is 1.12. The Hall–Kier alpha value is 0.130. The lowest BCUT2D eigenvalue weighted by Crippen LogP contribution is -2.15. The maximum atomic E-state index is 13.0. The first-order chi connectivity index (χ1) is 6.75. The predicted octanol–water partition coefficient (Wildman–Crippen LogP) is 3.39. The lowest BCUT2D eigenvalue weighted by atomic mass is 10.2. The molecule has 0 spiro atoms. The summed E-state index contributed by atoms with van der Waals surface area (Å²) >= 11 is 8.12. The van der Waals surface area contributed by atoms with Gasteiger partial charge in [-0.15, -0.1) is 0 Å². The van der Waals surface area contributed by atoms with E-state index >= 15 is 0 Å². The quantitative estimate of drug-likeness (QED) is 0.496. The van der Waals surface area contributed by atoms with Crippen molar-refractivity contribution in [2.75, 3.05) is 11.0 Å². The molecule has 0 amide bonds. The average Bonchev–Trinajstić information content (AvgIpc) is 2.19. The van der Waals surface area contributed by atoms with E-state index in [1.807, 2.05) is 6.07 Å². The van der Waals surface area contributed by atoms with Gasteiger partial charge in [-0.1, -0.05) is 46.3 Å². The average molecular weight is 328 g/mol. The van der Waals surface area contributed by atoms with E-state index in [-0.39, 0.29) is 10.8 Å². The van der Waals surface area contributed by atoms with E-state index < -0.39 is 0 Å². The van der Waals surface area contributed by atoms with Crippen molar-refractivity contribution in [1.29, 1.82) is 0 Å². The van der Waals surface area contributed by atoms with Crippen LogP contribution in [-0.4, -0.2) is 11.0 Å². The number of alkyl halides is 1. The number of hydrogen-bond donors (Lipinski definition) is 1. The normalized spacial score (nSPS) is 10.5. The van der Waals surface area contributed by atoms with Crippen molar-refractivity contribution >= 4 is 34.2 Å². The number of rotatable bonds is 5. The Labute approximate surface area is 102 Å². The van der Waals surface area contributed by atoms with Crippen LogP contribution < -0.4 is 5.32 Å². The van der Waals surface area contributed by atoms with Crippen molar-refractivity contribution in [3.05, 3.63) is 34.6 Å². The molecule has 1 aromatic rings. The molecule has 0 saturated carbocycles. The van der Waals surface area contributed by atoms with Crippen LogP contribution in [0.2, 0.25) is 5.02 Å². The molecule has 0 unspecified atom stereocenters. The Morgan fingerprint density at radius 1 is 1.43 bits per heavy atom. The van der Waals surface area contributed by atoms with E-state index in [9.17, 15) is 4.39 Å². The van der Waals surface area contributed by atoms with Crippen molar-refractivity contribution in [2.24, 2.45) is 0 Å². The molecule has 0 fully saturated rings. The zero-order valence-corrected chi connectivity index (χ0v) is 10.6. The Bertz CT molecular complexity index is 293. The monoisotopic (exact) mass is 327 g/mol. The highest BCUT2D eigenvalue weighted by Crippen LogP contribution is 2.19. The maximum Gasteiger partial charge on any atom is 0.142 e. The molecule has 0 aliphatic rings. The molecule has 0 atom stereocenters. The van der Waals surface area contributed by atoms with E-state index in [0.717, 1.165) is 23.0 Å². The van der Waals surface area contributed by atoms with Gasteiger partial charge in [-0.3, -0.25) is 0 Å². The van der Waals surface area contributed by atoms with E-state index in [4.69, 9.17) is 11.6 Å². The van der Waals surface area contributed by atoms with Crippen LogP contribution in [0.3, 0.4) is 0 Å². The summed E-state index contributed by atoms with van der Waals surface area (Å²) in [6.45, 7) is 1.57. The maximum absolute atomic E-state index is 13.0. The molecular formula is C10H12ClFIN. The highest BCUT2D eigenvalue weighted by Gasteiger charge is 2.04. The summed E-state index contributed by atoms with van der Waals surface area (Å²) < 4.78 is 14.1. The second kappa shape index (κ2) is 6.58. The molecule has 0 heterocycles. The fourth-order valence-corrected chi connectivity index (χ4v) is 1.67. The minimum atomic E-state index is -0.347. The van der Waals surface area contributed by atoms with Crippen LogP contribution in [0.25, 0.3) is 0 Å². The first-order valence-electron chi connectivity index (χ1n) is 4.45. The molecule has 78 valence electrons. The molecule has 1 aromatic carbocycles. The highest BCUT2D eigenvalue weighted by molar-refractivity contribution is 14.1. The summed E-state index contributed by atoms with van der Waals surface area (Å²) in [4.78, 5) is 0. The molecule has 0 aliphatic heterocycles. The van der Waals surface area contributed by atoms with Crippen LogP contribution in [0.5, 0.6) is 0 Å². The molecule has 0 aliphatic carbocycles. The molecule has 0 radical (unpaired) electrons. The van der Waals surface area contributed by atoms with Crippen LogP contribution in [0.4, 0.5) is 4.39 Å². The van der Waals surface area contributed by atoms with E-state index in [1.165, 1.54) is 6.07 Å². The Kier molecular flexibility index (Phi) is 5.74. The van der Waals surface area contributed by atoms with Gasteiger partial charge in [-0.25, -0.2) is 4.39 Å². The Morgan fingerprint density at radius 2 is 2.21 bits per heavy atom. The molecule has 1 rings (SSSR count). The first-order valence-corrected chi connectivity index (χ1v) is 6.35. The van der Waals surface area contributed by atoms with Gasteiger partial charge in [0.2, 0.25) is 0 Å². The molecule has 4 heteroatoms. The van der Waals surface area contributed by atoms with Gasteiger partial charge in [-0.2, -0.15) is 0 Å². The summed E-state index contributed by atoms with van der Waals surface area (Å²) in [5, 5.41) is 3.45. The fourth-order valence-electron chi connectivity index (χ4n) is 1.10. The van der Waals surface area contributed by atoms with Crippen LogP contribution in [0, 0.1) is 5.82 Å². The Balaban J connectivity index is 2.46. The van der Waals surface area contributed by atoms with Crippen LogP contribution in [0.1, 0.15) is 12.0 Å². The number of benzene rings is 1. The lowest BCUT2D eigenvalue weighted by Gasteiger charge is -2.06. The lowest BCUT2D eigenvalue weighted by molar-refractivity contribution is 0.620. The predicted molar refractivity (Wildman–Crippen MR) is 66.6 cm³/mol. The van der Waals surface area contributed by atoms with Gasteiger partial charge in [-0.05, 0) is 24.6 Å². The van der Waals surface area contributed by atoms with E-state index in [0.29, 0.717) is 6.54 Å². The van der Waals surface area contributed by atoms with Gasteiger partial charge >= 0.3 is 0 Å². The first kappa shape index (κ1) is 12.2. The molecule has 1 N–H and O–H groups in total. The second-order valence-electron chi connectivity index (χ2n) is 2.93. The smallest absolute Gasteiger partial charge is 0.142 e. The van der Waals surface area contributed by atoms with Gasteiger partial charge in [0.15, 0.2) is 0 Å². The largest absolute Gasteiger partial charge is 0.313 e. The third-order valence-corrected chi connectivity index (χ3v) is 3.02. The van der Waals surface area contributed by atoms with Crippen molar-refractivity contribution in [3.8, 4) is 0 Å². The van der Waals surface area contributed by atoms with Gasteiger partial charge < -0.3 is 5.32 Å². The van der Waals surface area contributed by atoms with Gasteiger partial charge in [0, 0.05) is 11.0 Å². The second-order valence-corrected chi connectivity index (χ2v) is 4.39.